The van der Waals surface area contributed by atoms with Crippen LogP contribution in [0.15, 0.2) is 65.8 Å². The van der Waals surface area contributed by atoms with E-state index in [9.17, 15) is 4.79 Å². The van der Waals surface area contributed by atoms with Gasteiger partial charge in [-0.3, -0.25) is 4.79 Å². The normalized spacial score (nSPS) is 18.6. The van der Waals surface area contributed by atoms with E-state index in [1.54, 1.807) is 0 Å². The molecule has 94 valence electrons. The Morgan fingerprint density at radius 1 is 0.947 bits per heavy atom. The zero-order valence-electron chi connectivity index (χ0n) is 10.4. The molecule has 1 atom stereocenters. The van der Waals surface area contributed by atoms with Gasteiger partial charge in [0.25, 0.3) is 0 Å². The number of nitrogens with one attached hydrogen (secondary N) is 1. The number of benzene rings is 2. The number of nitrogens with zero attached hydrogens (tertiary/aromatic N) is 1. The summed E-state index contributed by atoms with van der Waals surface area (Å²) in [7, 11) is 0. The van der Waals surface area contributed by atoms with Gasteiger partial charge in [-0.05, 0) is 11.1 Å². The fourth-order valence-electron chi connectivity index (χ4n) is 2.30. The van der Waals surface area contributed by atoms with Crippen LogP contribution in [0.1, 0.15) is 23.5 Å². The summed E-state index contributed by atoms with van der Waals surface area (Å²) in [5, 5.41) is 4.17. The number of carbonyl (C=O) groups excluding carboxylic acids is 1. The summed E-state index contributed by atoms with van der Waals surface area (Å²) in [4.78, 5) is 12.0. The molecule has 1 aliphatic heterocycles. The van der Waals surface area contributed by atoms with E-state index in [4.69, 9.17) is 0 Å². The zero-order chi connectivity index (χ0) is 13.1. The molecule has 0 bridgehead atoms. The number of amides is 1. The van der Waals surface area contributed by atoms with Gasteiger partial charge in [-0.1, -0.05) is 60.7 Å². The molecule has 19 heavy (non-hydrogen) atoms. The van der Waals surface area contributed by atoms with Gasteiger partial charge < -0.3 is 0 Å². The first-order chi connectivity index (χ1) is 9.34. The van der Waals surface area contributed by atoms with Crippen LogP contribution < -0.4 is 5.43 Å². The van der Waals surface area contributed by atoms with E-state index in [-0.39, 0.29) is 11.8 Å². The summed E-state index contributed by atoms with van der Waals surface area (Å²) in [5.41, 5.74) is 5.64. The molecule has 3 heteroatoms. The third-order valence-corrected chi connectivity index (χ3v) is 3.32. The van der Waals surface area contributed by atoms with E-state index in [1.165, 1.54) is 0 Å². The maximum Gasteiger partial charge on any atom is 0.248 e. The molecule has 2 aromatic carbocycles. The quantitative estimate of drug-likeness (QED) is 0.874. The van der Waals surface area contributed by atoms with Crippen molar-refractivity contribution < 1.29 is 4.79 Å². The van der Waals surface area contributed by atoms with Crippen molar-refractivity contribution in [3.05, 3.63) is 71.8 Å². The van der Waals surface area contributed by atoms with Crippen molar-refractivity contribution in [1.29, 1.82) is 0 Å². The summed E-state index contributed by atoms with van der Waals surface area (Å²) in [6.45, 7) is 0. The molecule has 3 nitrogen and oxygen atoms in total. The van der Waals surface area contributed by atoms with Crippen LogP contribution in [-0.4, -0.2) is 11.6 Å². The summed E-state index contributed by atoms with van der Waals surface area (Å²) in [5.74, 6) is -0.195. The van der Waals surface area contributed by atoms with Crippen molar-refractivity contribution in [3.8, 4) is 0 Å². The molecule has 1 heterocycles. The number of hydrogen-bond donors (Lipinski definition) is 1. The van der Waals surface area contributed by atoms with Gasteiger partial charge in [-0.2, -0.15) is 5.10 Å². The predicted octanol–water partition coefficient (Wildman–Crippen LogP) is 2.69. The van der Waals surface area contributed by atoms with Crippen molar-refractivity contribution >= 4 is 11.6 Å². The Morgan fingerprint density at radius 3 is 2.26 bits per heavy atom. The van der Waals surface area contributed by atoms with Gasteiger partial charge in [-0.15, -0.1) is 0 Å². The largest absolute Gasteiger partial charge is 0.272 e. The van der Waals surface area contributed by atoms with Crippen LogP contribution in [0.5, 0.6) is 0 Å². The lowest BCUT2D eigenvalue weighted by atomic mass is 9.89. The molecule has 0 saturated heterocycles. The number of hydrogen-bond acceptors (Lipinski definition) is 2. The number of rotatable bonds is 2. The van der Waals surface area contributed by atoms with Gasteiger partial charge in [0.2, 0.25) is 5.91 Å². The van der Waals surface area contributed by atoms with Crippen molar-refractivity contribution in [1.82, 2.24) is 5.43 Å². The lowest BCUT2D eigenvalue weighted by Crippen LogP contribution is -2.33. The first kappa shape index (κ1) is 11.7. The lowest BCUT2D eigenvalue weighted by Gasteiger charge is -2.21. The topological polar surface area (TPSA) is 41.5 Å². The molecule has 3 rings (SSSR count). The molecule has 0 spiro atoms. The van der Waals surface area contributed by atoms with Crippen LogP contribution in [0.25, 0.3) is 0 Å². The summed E-state index contributed by atoms with van der Waals surface area (Å²) in [6.07, 6.45) is 0.639. The molecular formula is C16H14N2O. The molecule has 1 unspecified atom stereocenters. The Hall–Kier alpha value is -2.42. The zero-order valence-corrected chi connectivity index (χ0v) is 10.4. The average molecular weight is 250 g/mol. The Labute approximate surface area is 112 Å². The van der Waals surface area contributed by atoms with Crippen LogP contribution in [-0.2, 0) is 4.79 Å². The maximum absolute atomic E-state index is 12.0. The summed E-state index contributed by atoms with van der Waals surface area (Å²) in [6, 6.07) is 19.8. The van der Waals surface area contributed by atoms with Crippen LogP contribution in [0, 0.1) is 0 Å². The first-order valence-electron chi connectivity index (χ1n) is 6.31. The van der Waals surface area contributed by atoms with E-state index in [0.717, 1.165) is 16.8 Å². The molecule has 0 saturated carbocycles. The molecule has 0 aliphatic carbocycles. The molecule has 1 amide bonds. The van der Waals surface area contributed by atoms with Gasteiger partial charge >= 0.3 is 0 Å². The third kappa shape index (κ3) is 2.40. The van der Waals surface area contributed by atoms with Crippen molar-refractivity contribution in [2.24, 2.45) is 5.10 Å². The average Bonchev–Trinajstić information content (AvgIpc) is 2.49. The van der Waals surface area contributed by atoms with Crippen LogP contribution in [0.3, 0.4) is 0 Å². The van der Waals surface area contributed by atoms with E-state index >= 15 is 0 Å². The third-order valence-electron chi connectivity index (χ3n) is 3.32. The van der Waals surface area contributed by atoms with Gasteiger partial charge in [-0.25, -0.2) is 5.43 Å². The number of carbonyl (C=O) groups is 1. The lowest BCUT2D eigenvalue weighted by molar-refractivity contribution is -0.122. The van der Waals surface area contributed by atoms with Crippen molar-refractivity contribution in [2.45, 2.75) is 12.3 Å². The minimum absolute atomic E-state index is 0.0362. The van der Waals surface area contributed by atoms with Gasteiger partial charge in [0.1, 0.15) is 0 Å². The summed E-state index contributed by atoms with van der Waals surface area (Å²) >= 11 is 0. The minimum atomic E-state index is -0.158. The van der Waals surface area contributed by atoms with E-state index in [2.05, 4.69) is 10.5 Å². The minimum Gasteiger partial charge on any atom is -0.272 e. The van der Waals surface area contributed by atoms with Gasteiger partial charge in [0, 0.05) is 6.42 Å². The van der Waals surface area contributed by atoms with E-state index < -0.39 is 0 Å². The summed E-state index contributed by atoms with van der Waals surface area (Å²) < 4.78 is 0. The van der Waals surface area contributed by atoms with Crippen LogP contribution in [0.2, 0.25) is 0 Å². The monoisotopic (exact) mass is 250 g/mol. The molecule has 1 N–H and O–H groups in total. The highest BCUT2D eigenvalue weighted by Crippen LogP contribution is 2.24. The maximum atomic E-state index is 12.0. The second kappa shape index (κ2) is 5.06. The molecule has 1 aliphatic rings. The van der Waals surface area contributed by atoms with Crippen LogP contribution >= 0.6 is 0 Å². The van der Waals surface area contributed by atoms with Gasteiger partial charge in [0.05, 0.1) is 11.6 Å². The number of hydrazone groups is 1. The van der Waals surface area contributed by atoms with Crippen molar-refractivity contribution in [3.63, 3.8) is 0 Å². The van der Waals surface area contributed by atoms with E-state index in [0.29, 0.717) is 6.42 Å². The Kier molecular flexibility index (Phi) is 3.11. The van der Waals surface area contributed by atoms with Crippen LogP contribution in [0.4, 0.5) is 0 Å². The second-order valence-electron chi connectivity index (χ2n) is 4.57. The second-order valence-corrected chi connectivity index (χ2v) is 4.57. The van der Waals surface area contributed by atoms with Crippen molar-refractivity contribution in [2.75, 3.05) is 0 Å². The fourth-order valence-corrected chi connectivity index (χ4v) is 2.30. The molecule has 2 aromatic rings. The van der Waals surface area contributed by atoms with E-state index in [1.807, 2.05) is 60.7 Å². The highest BCUT2D eigenvalue weighted by molar-refractivity contribution is 6.06. The standard InChI is InChI=1S/C16H14N2O/c19-16-14(12-7-3-1-4-8-12)11-15(17-18-16)13-9-5-2-6-10-13/h1-10,14H,11H2,(H,18,19). The fraction of sp³-hybridized carbons (Fsp3) is 0.125. The predicted molar refractivity (Wildman–Crippen MR) is 74.9 cm³/mol. The molecule has 0 radical (unpaired) electrons. The highest BCUT2D eigenvalue weighted by Gasteiger charge is 2.26. The first-order valence-corrected chi connectivity index (χ1v) is 6.31. The molecule has 0 aromatic heterocycles. The Morgan fingerprint density at radius 2 is 1.58 bits per heavy atom. The highest BCUT2D eigenvalue weighted by atomic mass is 16.2. The van der Waals surface area contributed by atoms with Gasteiger partial charge in [0.15, 0.2) is 0 Å². The molecule has 0 fully saturated rings. The SMILES string of the molecule is O=C1NN=C(c2ccccc2)CC1c1ccccc1. The smallest absolute Gasteiger partial charge is 0.248 e. The molecular weight excluding hydrogens is 236 g/mol. The Balaban J connectivity index is 1.90. The Bertz CT molecular complexity index is 605.